The van der Waals surface area contributed by atoms with E-state index in [4.69, 9.17) is 14.2 Å². The fourth-order valence-corrected chi connectivity index (χ4v) is 4.28. The lowest BCUT2D eigenvalue weighted by Gasteiger charge is -2.21. The number of cyclic esters (lactones) is 1. The Morgan fingerprint density at radius 1 is 1.31 bits per heavy atom. The summed E-state index contributed by atoms with van der Waals surface area (Å²) in [6, 6.07) is 1.03. The van der Waals surface area contributed by atoms with Crippen LogP contribution in [0.15, 0.2) is 11.6 Å². The van der Waals surface area contributed by atoms with Crippen molar-refractivity contribution >= 4 is 23.3 Å². The highest BCUT2D eigenvalue weighted by Gasteiger charge is 2.33. The average molecular weight is 438 g/mol. The number of carbonyl (C=O) groups excluding carboxylic acids is 1. The Kier molecular flexibility index (Phi) is 8.74. The molecule has 1 aliphatic heterocycles. The first-order chi connectivity index (χ1) is 13.7. The standard InChI is InChI=1S/C22H36NO4PSi/c1-15(13-23-9-11-28)7-8-17-20(25-3)16(2)18-14-27-22(24)19(18)21(17)26-10-12-29(4,5)6/h7,23H,8-14,28H2,1-6H3. The number of benzene rings is 1. The third kappa shape index (κ3) is 6.31. The van der Waals surface area contributed by atoms with Gasteiger partial charge in [-0.2, -0.15) is 0 Å². The topological polar surface area (TPSA) is 56.8 Å². The normalized spacial score (nSPS) is 14.0. The van der Waals surface area contributed by atoms with Gasteiger partial charge >= 0.3 is 5.97 Å². The molecule has 0 spiro atoms. The second kappa shape index (κ2) is 10.6. The van der Waals surface area contributed by atoms with E-state index in [0.29, 0.717) is 24.3 Å². The zero-order valence-corrected chi connectivity index (χ0v) is 20.9. The Morgan fingerprint density at radius 3 is 2.66 bits per heavy atom. The van der Waals surface area contributed by atoms with Crippen LogP contribution in [0.3, 0.4) is 0 Å². The van der Waals surface area contributed by atoms with Crippen molar-refractivity contribution in [3.8, 4) is 11.5 Å². The average Bonchev–Trinajstić information content (AvgIpc) is 3.03. The van der Waals surface area contributed by atoms with Crippen LogP contribution < -0.4 is 14.8 Å². The van der Waals surface area contributed by atoms with Gasteiger partial charge in [0.25, 0.3) is 0 Å². The van der Waals surface area contributed by atoms with Gasteiger partial charge < -0.3 is 19.5 Å². The summed E-state index contributed by atoms with van der Waals surface area (Å²) >= 11 is 0. The Balaban J connectivity index is 2.40. The molecule has 0 saturated carbocycles. The first kappa shape index (κ1) is 23.9. The lowest BCUT2D eigenvalue weighted by atomic mass is 9.95. The summed E-state index contributed by atoms with van der Waals surface area (Å²) in [5, 5.41) is 3.40. The summed E-state index contributed by atoms with van der Waals surface area (Å²) in [7, 11) is 3.15. The molecule has 1 heterocycles. The van der Waals surface area contributed by atoms with E-state index in [-0.39, 0.29) is 12.6 Å². The van der Waals surface area contributed by atoms with Gasteiger partial charge in [-0.3, -0.25) is 0 Å². The molecular weight excluding hydrogens is 401 g/mol. The van der Waals surface area contributed by atoms with Crippen LogP contribution in [-0.4, -0.2) is 47.0 Å². The smallest absolute Gasteiger partial charge is 0.342 e. The second-order valence-corrected chi connectivity index (χ2v) is 15.0. The number of carbonyl (C=O) groups is 1. The predicted octanol–water partition coefficient (Wildman–Crippen LogP) is 4.34. The minimum Gasteiger partial charge on any atom is -0.496 e. The highest BCUT2D eigenvalue weighted by molar-refractivity contribution is 7.16. The number of allylic oxidation sites excluding steroid dienone is 1. The van der Waals surface area contributed by atoms with Crippen molar-refractivity contribution in [3.05, 3.63) is 33.9 Å². The van der Waals surface area contributed by atoms with Crippen LogP contribution in [0.2, 0.25) is 25.7 Å². The van der Waals surface area contributed by atoms with Crippen molar-refractivity contribution in [2.75, 3.05) is 33.0 Å². The third-order valence-corrected chi connectivity index (χ3v) is 7.10. The fraction of sp³-hybridized carbons (Fsp3) is 0.591. The largest absolute Gasteiger partial charge is 0.496 e. The van der Waals surface area contributed by atoms with E-state index < -0.39 is 8.07 Å². The lowest BCUT2D eigenvalue weighted by Crippen LogP contribution is -2.23. The maximum Gasteiger partial charge on any atom is 0.342 e. The molecule has 0 radical (unpaired) electrons. The predicted molar refractivity (Wildman–Crippen MR) is 125 cm³/mol. The Bertz CT molecular complexity index is 771. The maximum atomic E-state index is 12.5. The quantitative estimate of drug-likeness (QED) is 0.183. The van der Waals surface area contributed by atoms with Gasteiger partial charge in [0.15, 0.2) is 0 Å². The summed E-state index contributed by atoms with van der Waals surface area (Å²) in [4.78, 5) is 12.5. The van der Waals surface area contributed by atoms with Gasteiger partial charge in [0, 0.05) is 25.7 Å². The second-order valence-electron chi connectivity index (χ2n) is 8.77. The van der Waals surface area contributed by atoms with E-state index in [9.17, 15) is 4.79 Å². The molecule has 0 aromatic heterocycles. The third-order valence-electron chi connectivity index (χ3n) is 5.10. The van der Waals surface area contributed by atoms with Gasteiger partial charge in [0.1, 0.15) is 23.7 Å². The van der Waals surface area contributed by atoms with E-state index in [1.165, 1.54) is 5.57 Å². The van der Waals surface area contributed by atoms with Crippen LogP contribution in [0.1, 0.15) is 34.0 Å². The van der Waals surface area contributed by atoms with Crippen LogP contribution in [-0.2, 0) is 17.8 Å². The summed E-state index contributed by atoms with van der Waals surface area (Å²) in [6.45, 7) is 13.8. The molecule has 2 rings (SSSR count). The number of esters is 1. The highest BCUT2D eigenvalue weighted by atomic mass is 31.0. The van der Waals surface area contributed by atoms with Gasteiger partial charge in [-0.05, 0) is 44.6 Å². The highest BCUT2D eigenvalue weighted by Crippen LogP contribution is 2.43. The number of rotatable bonds is 11. The molecule has 162 valence electrons. The van der Waals surface area contributed by atoms with Gasteiger partial charge in [0.05, 0.1) is 13.7 Å². The monoisotopic (exact) mass is 437 g/mol. The minimum absolute atomic E-state index is 0.287. The molecule has 1 unspecified atom stereocenters. The number of fused-ring (bicyclic) bond motifs is 1. The molecule has 0 bridgehead atoms. The summed E-state index contributed by atoms with van der Waals surface area (Å²) in [5.41, 5.74) is 4.62. The zero-order chi connectivity index (χ0) is 21.6. The molecule has 5 nitrogen and oxygen atoms in total. The van der Waals surface area contributed by atoms with E-state index in [1.54, 1.807) is 7.11 Å². The molecule has 1 aromatic rings. The Labute approximate surface area is 178 Å². The summed E-state index contributed by atoms with van der Waals surface area (Å²) in [6.07, 6.45) is 3.87. The SMILES string of the molecule is COc1c(C)c2c(c(OCC[Si](C)(C)C)c1CC=C(C)CNCCP)C(=O)OC2. The molecular formula is C22H36NO4PSi. The van der Waals surface area contributed by atoms with E-state index >= 15 is 0 Å². The van der Waals surface area contributed by atoms with Crippen molar-refractivity contribution in [1.29, 1.82) is 0 Å². The van der Waals surface area contributed by atoms with Crippen LogP contribution in [0.4, 0.5) is 0 Å². The van der Waals surface area contributed by atoms with Crippen LogP contribution >= 0.6 is 9.24 Å². The van der Waals surface area contributed by atoms with Gasteiger partial charge in [-0.1, -0.05) is 31.3 Å². The Morgan fingerprint density at radius 2 is 2.03 bits per heavy atom. The van der Waals surface area contributed by atoms with Crippen LogP contribution in [0.5, 0.6) is 11.5 Å². The van der Waals surface area contributed by atoms with Crippen molar-refractivity contribution in [2.24, 2.45) is 0 Å². The molecule has 29 heavy (non-hydrogen) atoms. The summed E-state index contributed by atoms with van der Waals surface area (Å²) in [5.74, 6) is 1.15. The molecule has 1 aliphatic rings. The zero-order valence-electron chi connectivity index (χ0n) is 18.7. The van der Waals surface area contributed by atoms with Crippen LogP contribution in [0.25, 0.3) is 0 Å². The van der Waals surface area contributed by atoms with E-state index in [0.717, 1.165) is 47.7 Å². The summed E-state index contributed by atoms with van der Waals surface area (Å²) < 4.78 is 17.4. The van der Waals surface area contributed by atoms with E-state index in [2.05, 4.69) is 47.2 Å². The number of methoxy groups -OCH3 is 1. The first-order valence-corrected chi connectivity index (χ1v) is 14.8. The molecule has 0 fully saturated rings. The number of ether oxygens (including phenoxy) is 3. The maximum absolute atomic E-state index is 12.5. The number of hydrogen-bond donors (Lipinski definition) is 1. The fourth-order valence-electron chi connectivity index (χ4n) is 3.36. The molecule has 7 heteroatoms. The van der Waals surface area contributed by atoms with Gasteiger partial charge in [-0.15, -0.1) is 9.24 Å². The van der Waals surface area contributed by atoms with E-state index in [1.807, 2.05) is 6.92 Å². The van der Waals surface area contributed by atoms with Gasteiger partial charge in [-0.25, -0.2) is 4.79 Å². The van der Waals surface area contributed by atoms with Crippen molar-refractivity contribution in [1.82, 2.24) is 5.32 Å². The molecule has 1 aromatic carbocycles. The van der Waals surface area contributed by atoms with Crippen molar-refractivity contribution in [3.63, 3.8) is 0 Å². The first-order valence-electron chi connectivity index (χ1n) is 10.3. The molecule has 0 aliphatic carbocycles. The number of hydrogen-bond acceptors (Lipinski definition) is 5. The Hall–Kier alpha value is -1.36. The van der Waals surface area contributed by atoms with Crippen molar-refractivity contribution < 1.29 is 19.0 Å². The number of nitrogens with one attached hydrogen (secondary N) is 1. The molecule has 1 atom stereocenters. The minimum atomic E-state index is -1.25. The van der Waals surface area contributed by atoms with Gasteiger partial charge in [0.2, 0.25) is 0 Å². The molecule has 1 N–H and O–H groups in total. The molecule has 0 saturated heterocycles. The van der Waals surface area contributed by atoms with Crippen LogP contribution in [0, 0.1) is 6.92 Å². The van der Waals surface area contributed by atoms with Crippen molar-refractivity contribution in [2.45, 2.75) is 52.6 Å². The molecule has 0 amide bonds. The lowest BCUT2D eigenvalue weighted by molar-refractivity contribution is 0.0532.